The highest BCUT2D eigenvalue weighted by Gasteiger charge is 2.27. The first-order valence-corrected chi connectivity index (χ1v) is 13.6. The maximum absolute atomic E-state index is 13.6. The van der Waals surface area contributed by atoms with Gasteiger partial charge in [-0.15, -0.1) is 0 Å². The number of carbonyl (C=O) groups excluding carboxylic acids is 2. The van der Waals surface area contributed by atoms with Crippen LogP contribution in [0.1, 0.15) is 21.5 Å². The largest absolute Gasteiger partial charge is 0.348 e. The van der Waals surface area contributed by atoms with Crippen LogP contribution in [0.25, 0.3) is 0 Å². The number of aryl methyl sites for hydroxylation is 1. The number of hydrogen-bond acceptors (Lipinski definition) is 4. The second kappa shape index (κ2) is 11.9. The highest BCUT2D eigenvalue weighted by Crippen LogP contribution is 2.26. The summed E-state index contributed by atoms with van der Waals surface area (Å²) in [4.78, 5) is 26.1. The summed E-state index contributed by atoms with van der Waals surface area (Å²) in [5.74, 6) is -0.981. The predicted octanol–water partition coefficient (Wildman–Crippen LogP) is 5.41. The number of benzene rings is 4. The normalized spacial score (nSPS) is 11.0. The molecule has 4 aromatic rings. The quantitative estimate of drug-likeness (QED) is 0.293. The minimum Gasteiger partial charge on any atom is -0.348 e. The van der Waals surface area contributed by atoms with Crippen molar-refractivity contribution in [3.63, 3.8) is 0 Å². The van der Waals surface area contributed by atoms with Crippen LogP contribution >= 0.6 is 11.6 Å². The summed E-state index contributed by atoms with van der Waals surface area (Å²) < 4.78 is 28.1. The van der Waals surface area contributed by atoms with Gasteiger partial charge in [-0.2, -0.15) is 0 Å². The molecule has 0 aliphatic heterocycles. The first kappa shape index (κ1) is 26.9. The van der Waals surface area contributed by atoms with Crippen LogP contribution in [0.15, 0.2) is 108 Å². The molecular weight excluding hydrogens is 522 g/mol. The molecule has 0 atom stereocenters. The van der Waals surface area contributed by atoms with Crippen molar-refractivity contribution in [3.05, 3.63) is 125 Å². The van der Waals surface area contributed by atoms with Crippen LogP contribution in [-0.4, -0.2) is 26.8 Å². The van der Waals surface area contributed by atoms with Gasteiger partial charge in [0.15, 0.2) is 0 Å². The number of rotatable bonds is 9. The smallest absolute Gasteiger partial charge is 0.264 e. The summed E-state index contributed by atoms with van der Waals surface area (Å²) in [5, 5.41) is 5.98. The summed E-state index contributed by atoms with van der Waals surface area (Å²) in [5.41, 5.74) is 2.64. The van der Waals surface area contributed by atoms with Crippen LogP contribution in [0.2, 0.25) is 5.02 Å². The number of sulfonamides is 1. The Balaban J connectivity index is 1.56. The number of carbonyl (C=O) groups is 2. The molecule has 0 aliphatic rings. The van der Waals surface area contributed by atoms with E-state index < -0.39 is 22.5 Å². The SMILES string of the molecule is Cc1ccc(S(=O)(=O)N(CC(=O)Nc2ccccc2C(=O)NCc2ccccc2)c2ccc(Cl)cc2)cc1. The zero-order valence-corrected chi connectivity index (χ0v) is 22.2. The molecule has 0 saturated carbocycles. The zero-order valence-electron chi connectivity index (χ0n) is 20.6. The van der Waals surface area contributed by atoms with Gasteiger partial charge in [0.2, 0.25) is 5.91 Å². The lowest BCUT2D eigenvalue weighted by atomic mass is 10.1. The lowest BCUT2D eigenvalue weighted by molar-refractivity contribution is -0.114. The molecule has 0 heterocycles. The molecule has 0 fully saturated rings. The third-order valence-corrected chi connectivity index (χ3v) is 7.79. The van der Waals surface area contributed by atoms with Gasteiger partial charge in [-0.25, -0.2) is 8.42 Å². The number of anilines is 2. The fourth-order valence-electron chi connectivity index (χ4n) is 3.74. The third kappa shape index (κ3) is 6.59. The standard InChI is InChI=1S/C29H26ClN3O4S/c1-21-11-17-25(18-12-21)38(36,37)33(24-15-13-23(30)14-16-24)20-28(34)32-27-10-6-5-9-26(27)29(35)31-19-22-7-3-2-4-8-22/h2-18H,19-20H2,1H3,(H,31,35)(H,32,34). The molecule has 0 aliphatic carbocycles. The van der Waals surface area contributed by atoms with Crippen molar-refractivity contribution < 1.29 is 18.0 Å². The Bertz CT molecular complexity index is 1520. The van der Waals surface area contributed by atoms with Crippen molar-refractivity contribution in [1.82, 2.24) is 5.32 Å². The number of nitrogens with one attached hydrogen (secondary N) is 2. The van der Waals surface area contributed by atoms with E-state index in [1.54, 1.807) is 48.5 Å². The van der Waals surface area contributed by atoms with E-state index in [9.17, 15) is 18.0 Å². The van der Waals surface area contributed by atoms with E-state index in [1.165, 1.54) is 24.3 Å². The Labute approximate surface area is 227 Å². The van der Waals surface area contributed by atoms with Crippen molar-refractivity contribution in [2.24, 2.45) is 0 Å². The first-order chi connectivity index (χ1) is 18.2. The zero-order chi connectivity index (χ0) is 27.1. The van der Waals surface area contributed by atoms with Crippen molar-refractivity contribution in [1.29, 1.82) is 0 Å². The average Bonchev–Trinajstić information content (AvgIpc) is 2.92. The lowest BCUT2D eigenvalue weighted by Gasteiger charge is -2.24. The molecular formula is C29H26ClN3O4S. The molecule has 0 saturated heterocycles. The molecule has 0 bridgehead atoms. The summed E-state index contributed by atoms with van der Waals surface area (Å²) >= 11 is 6.00. The predicted molar refractivity (Wildman–Crippen MR) is 150 cm³/mol. The molecule has 2 amide bonds. The molecule has 9 heteroatoms. The van der Waals surface area contributed by atoms with Crippen LogP contribution < -0.4 is 14.9 Å². The Morgan fingerprint density at radius 2 is 1.45 bits per heavy atom. The van der Waals surface area contributed by atoms with E-state index in [4.69, 9.17) is 11.6 Å². The number of amides is 2. The summed E-state index contributed by atoms with van der Waals surface area (Å²) in [6, 6.07) is 28.6. The molecule has 0 spiro atoms. The van der Waals surface area contributed by atoms with Crippen LogP contribution in [-0.2, 0) is 21.4 Å². The van der Waals surface area contributed by atoms with Crippen molar-refractivity contribution in [3.8, 4) is 0 Å². The van der Waals surface area contributed by atoms with Crippen molar-refractivity contribution in [2.75, 3.05) is 16.2 Å². The van der Waals surface area contributed by atoms with Crippen LogP contribution in [0.4, 0.5) is 11.4 Å². The van der Waals surface area contributed by atoms with Gasteiger partial charge < -0.3 is 10.6 Å². The minimum absolute atomic E-state index is 0.0477. The monoisotopic (exact) mass is 547 g/mol. The second-order valence-corrected chi connectivity index (χ2v) is 10.9. The maximum Gasteiger partial charge on any atom is 0.264 e. The highest BCUT2D eigenvalue weighted by molar-refractivity contribution is 7.92. The van der Waals surface area contributed by atoms with Gasteiger partial charge >= 0.3 is 0 Å². The topological polar surface area (TPSA) is 95.6 Å². The average molecular weight is 548 g/mol. The Kier molecular flexibility index (Phi) is 8.45. The number of para-hydroxylation sites is 1. The lowest BCUT2D eigenvalue weighted by Crippen LogP contribution is -2.38. The van der Waals surface area contributed by atoms with Gasteiger partial charge in [0.25, 0.3) is 15.9 Å². The van der Waals surface area contributed by atoms with E-state index in [1.807, 2.05) is 37.3 Å². The first-order valence-electron chi connectivity index (χ1n) is 11.8. The second-order valence-electron chi connectivity index (χ2n) is 8.56. The van der Waals surface area contributed by atoms with Gasteiger partial charge in [-0.05, 0) is 61.0 Å². The molecule has 4 aromatic carbocycles. The minimum atomic E-state index is -4.09. The molecule has 0 unspecified atom stereocenters. The van der Waals surface area contributed by atoms with E-state index in [2.05, 4.69) is 10.6 Å². The number of nitrogens with zero attached hydrogens (tertiary/aromatic N) is 1. The molecule has 0 aromatic heterocycles. The fraction of sp³-hybridized carbons (Fsp3) is 0.103. The van der Waals surface area contributed by atoms with E-state index in [0.29, 0.717) is 11.6 Å². The molecule has 4 rings (SSSR count). The summed E-state index contributed by atoms with van der Waals surface area (Å²) in [6.07, 6.45) is 0. The van der Waals surface area contributed by atoms with Gasteiger partial charge in [0.1, 0.15) is 6.54 Å². The van der Waals surface area contributed by atoms with Crippen LogP contribution in [0.5, 0.6) is 0 Å². The van der Waals surface area contributed by atoms with Gasteiger partial charge in [-0.1, -0.05) is 71.8 Å². The Morgan fingerprint density at radius 3 is 2.13 bits per heavy atom. The molecule has 194 valence electrons. The maximum atomic E-state index is 13.6. The van der Waals surface area contributed by atoms with Crippen molar-refractivity contribution >= 4 is 44.8 Å². The van der Waals surface area contributed by atoms with Gasteiger partial charge in [0, 0.05) is 11.6 Å². The van der Waals surface area contributed by atoms with Crippen LogP contribution in [0, 0.1) is 6.92 Å². The van der Waals surface area contributed by atoms with Gasteiger partial charge in [-0.3, -0.25) is 13.9 Å². The molecule has 7 nitrogen and oxygen atoms in total. The van der Waals surface area contributed by atoms with Crippen molar-refractivity contribution in [2.45, 2.75) is 18.4 Å². The van der Waals surface area contributed by atoms with Crippen LogP contribution in [0.3, 0.4) is 0 Å². The van der Waals surface area contributed by atoms with E-state index in [-0.39, 0.29) is 27.7 Å². The highest BCUT2D eigenvalue weighted by atomic mass is 35.5. The summed E-state index contributed by atoms with van der Waals surface area (Å²) in [7, 11) is -4.09. The fourth-order valence-corrected chi connectivity index (χ4v) is 5.29. The summed E-state index contributed by atoms with van der Waals surface area (Å²) in [6.45, 7) is 1.66. The molecule has 0 radical (unpaired) electrons. The molecule has 2 N–H and O–H groups in total. The molecule has 38 heavy (non-hydrogen) atoms. The van der Waals surface area contributed by atoms with E-state index >= 15 is 0 Å². The number of halogens is 1. The Hall–Kier alpha value is -4.14. The third-order valence-electron chi connectivity index (χ3n) is 5.75. The Morgan fingerprint density at radius 1 is 0.816 bits per heavy atom. The number of hydrogen-bond donors (Lipinski definition) is 2. The van der Waals surface area contributed by atoms with Gasteiger partial charge in [0.05, 0.1) is 21.8 Å². The van der Waals surface area contributed by atoms with E-state index in [0.717, 1.165) is 15.4 Å².